The minimum absolute atomic E-state index is 0.286. The summed E-state index contributed by atoms with van der Waals surface area (Å²) in [6, 6.07) is 5.98. The van der Waals surface area contributed by atoms with Crippen molar-refractivity contribution in [1.29, 1.82) is 0 Å². The summed E-state index contributed by atoms with van der Waals surface area (Å²) in [5.41, 5.74) is 2.96. The zero-order valence-electron chi connectivity index (χ0n) is 10.5. The van der Waals surface area contributed by atoms with Crippen molar-refractivity contribution < 1.29 is 4.79 Å². The molecule has 0 spiro atoms. The molecule has 0 radical (unpaired) electrons. The van der Waals surface area contributed by atoms with E-state index in [9.17, 15) is 4.79 Å². The SMILES string of the molecule is Cn1c(C2CC2)nc2cc(C(=O)C3CC3)ccc21. The summed E-state index contributed by atoms with van der Waals surface area (Å²) < 4.78 is 2.18. The largest absolute Gasteiger partial charge is 0.331 e. The molecule has 2 aromatic rings. The lowest BCUT2D eigenvalue weighted by atomic mass is 10.1. The number of aromatic nitrogens is 2. The van der Waals surface area contributed by atoms with Gasteiger partial charge in [-0.25, -0.2) is 4.98 Å². The first-order valence-corrected chi connectivity index (χ1v) is 6.74. The van der Waals surface area contributed by atoms with Crippen molar-refractivity contribution in [3.63, 3.8) is 0 Å². The van der Waals surface area contributed by atoms with Crippen molar-refractivity contribution in [2.75, 3.05) is 0 Å². The minimum Gasteiger partial charge on any atom is -0.331 e. The zero-order valence-corrected chi connectivity index (χ0v) is 10.5. The fourth-order valence-corrected chi connectivity index (χ4v) is 2.66. The first kappa shape index (κ1) is 10.3. The summed E-state index contributed by atoms with van der Waals surface area (Å²) in [6.07, 6.45) is 4.63. The molecule has 18 heavy (non-hydrogen) atoms. The van der Waals surface area contributed by atoms with Gasteiger partial charge in [0.25, 0.3) is 0 Å². The summed E-state index contributed by atoms with van der Waals surface area (Å²) in [5, 5.41) is 0. The Balaban J connectivity index is 1.81. The van der Waals surface area contributed by atoms with Gasteiger partial charge in [0.05, 0.1) is 11.0 Å². The molecule has 0 unspecified atom stereocenters. The van der Waals surface area contributed by atoms with Crippen molar-refractivity contribution in [3.8, 4) is 0 Å². The van der Waals surface area contributed by atoms with Gasteiger partial charge in [-0.1, -0.05) is 0 Å². The van der Waals surface area contributed by atoms with Crippen molar-refractivity contribution in [3.05, 3.63) is 29.6 Å². The molecule has 2 aliphatic rings. The third-order valence-corrected chi connectivity index (χ3v) is 4.09. The number of nitrogens with zero attached hydrogens (tertiary/aromatic N) is 2. The van der Waals surface area contributed by atoms with Gasteiger partial charge in [0.15, 0.2) is 5.78 Å². The van der Waals surface area contributed by atoms with Crippen LogP contribution in [-0.2, 0) is 7.05 Å². The van der Waals surface area contributed by atoms with Crippen LogP contribution in [0, 0.1) is 5.92 Å². The molecule has 2 saturated carbocycles. The van der Waals surface area contributed by atoms with E-state index in [4.69, 9.17) is 4.98 Å². The Morgan fingerprint density at radius 1 is 1.28 bits per heavy atom. The van der Waals surface area contributed by atoms with Crippen LogP contribution >= 0.6 is 0 Å². The van der Waals surface area contributed by atoms with Crippen molar-refractivity contribution in [2.45, 2.75) is 31.6 Å². The van der Waals surface area contributed by atoms with Gasteiger partial charge in [0.2, 0.25) is 0 Å². The molecule has 0 amide bonds. The van der Waals surface area contributed by atoms with Crippen LogP contribution in [0.3, 0.4) is 0 Å². The van der Waals surface area contributed by atoms with Gasteiger partial charge >= 0.3 is 0 Å². The fourth-order valence-electron chi connectivity index (χ4n) is 2.66. The van der Waals surface area contributed by atoms with Crippen LogP contribution in [0.1, 0.15) is 47.8 Å². The summed E-state index contributed by atoms with van der Waals surface area (Å²) in [5.74, 6) is 2.41. The number of carbonyl (C=O) groups excluding carboxylic acids is 1. The molecule has 0 atom stereocenters. The van der Waals surface area contributed by atoms with Crippen molar-refractivity contribution >= 4 is 16.8 Å². The van der Waals surface area contributed by atoms with E-state index in [1.54, 1.807) is 0 Å². The summed E-state index contributed by atoms with van der Waals surface area (Å²) in [7, 11) is 2.07. The number of hydrogen-bond donors (Lipinski definition) is 0. The van der Waals surface area contributed by atoms with Gasteiger partial charge < -0.3 is 4.57 Å². The number of aryl methyl sites for hydroxylation is 1. The van der Waals surface area contributed by atoms with E-state index in [0.29, 0.717) is 11.7 Å². The molecule has 1 aromatic heterocycles. The molecule has 0 bridgehead atoms. The highest BCUT2D eigenvalue weighted by Gasteiger charge is 2.31. The minimum atomic E-state index is 0.286. The number of fused-ring (bicyclic) bond motifs is 1. The lowest BCUT2D eigenvalue weighted by molar-refractivity contribution is 0.0968. The Labute approximate surface area is 106 Å². The zero-order chi connectivity index (χ0) is 12.3. The topological polar surface area (TPSA) is 34.9 Å². The number of rotatable bonds is 3. The monoisotopic (exact) mass is 240 g/mol. The maximum atomic E-state index is 12.1. The maximum absolute atomic E-state index is 12.1. The van der Waals surface area contributed by atoms with Crippen LogP contribution < -0.4 is 0 Å². The van der Waals surface area contributed by atoms with E-state index >= 15 is 0 Å². The standard InChI is InChI=1S/C15H16N2O/c1-17-13-7-6-11(14(18)9-2-3-9)8-12(13)16-15(17)10-4-5-10/h6-10H,2-5H2,1H3. The van der Waals surface area contributed by atoms with Gasteiger partial charge in [0, 0.05) is 24.4 Å². The van der Waals surface area contributed by atoms with Gasteiger partial charge in [-0.15, -0.1) is 0 Å². The van der Waals surface area contributed by atoms with E-state index in [1.165, 1.54) is 18.7 Å². The summed E-state index contributed by atoms with van der Waals surface area (Å²) in [4.78, 5) is 16.8. The molecule has 0 aliphatic heterocycles. The van der Waals surface area contributed by atoms with E-state index in [0.717, 1.165) is 29.4 Å². The Morgan fingerprint density at radius 2 is 2.06 bits per heavy atom. The van der Waals surface area contributed by atoms with E-state index in [2.05, 4.69) is 11.6 Å². The predicted molar refractivity (Wildman–Crippen MR) is 69.7 cm³/mol. The second kappa shape index (κ2) is 3.44. The number of hydrogen-bond acceptors (Lipinski definition) is 2. The van der Waals surface area contributed by atoms with Crippen LogP contribution in [-0.4, -0.2) is 15.3 Å². The Morgan fingerprint density at radius 3 is 2.72 bits per heavy atom. The van der Waals surface area contributed by atoms with Gasteiger partial charge in [-0.05, 0) is 43.9 Å². The second-order valence-electron chi connectivity index (χ2n) is 5.65. The van der Waals surface area contributed by atoms with Crippen LogP contribution in [0.25, 0.3) is 11.0 Å². The van der Waals surface area contributed by atoms with E-state index < -0.39 is 0 Å². The third-order valence-electron chi connectivity index (χ3n) is 4.09. The molecular formula is C15H16N2O. The van der Waals surface area contributed by atoms with Gasteiger partial charge in [0.1, 0.15) is 5.82 Å². The van der Waals surface area contributed by atoms with Crippen LogP contribution in [0.5, 0.6) is 0 Å². The van der Waals surface area contributed by atoms with Crippen LogP contribution in [0.2, 0.25) is 0 Å². The van der Waals surface area contributed by atoms with Gasteiger partial charge in [-0.2, -0.15) is 0 Å². The summed E-state index contributed by atoms with van der Waals surface area (Å²) in [6.45, 7) is 0. The summed E-state index contributed by atoms with van der Waals surface area (Å²) >= 11 is 0. The first-order valence-electron chi connectivity index (χ1n) is 6.74. The molecule has 2 fully saturated rings. The molecule has 1 heterocycles. The number of benzene rings is 1. The van der Waals surface area contributed by atoms with Crippen molar-refractivity contribution in [1.82, 2.24) is 9.55 Å². The molecule has 1 aromatic carbocycles. The number of carbonyl (C=O) groups is 1. The maximum Gasteiger partial charge on any atom is 0.166 e. The number of Topliss-reactive ketones (excluding diaryl/α,β-unsaturated/α-hetero) is 1. The second-order valence-corrected chi connectivity index (χ2v) is 5.65. The molecule has 3 nitrogen and oxygen atoms in total. The molecule has 3 heteroatoms. The molecular weight excluding hydrogens is 224 g/mol. The van der Waals surface area contributed by atoms with Crippen LogP contribution in [0.4, 0.5) is 0 Å². The molecule has 0 saturated heterocycles. The van der Waals surface area contributed by atoms with E-state index in [-0.39, 0.29) is 5.92 Å². The highest BCUT2D eigenvalue weighted by Crippen LogP contribution is 2.40. The fraction of sp³-hybridized carbons (Fsp3) is 0.467. The highest BCUT2D eigenvalue weighted by molar-refractivity contribution is 6.01. The molecule has 2 aliphatic carbocycles. The van der Waals surface area contributed by atoms with Crippen molar-refractivity contribution in [2.24, 2.45) is 13.0 Å². The normalized spacial score (nSPS) is 19.4. The highest BCUT2D eigenvalue weighted by atomic mass is 16.1. The van der Waals surface area contributed by atoms with Crippen LogP contribution in [0.15, 0.2) is 18.2 Å². The number of imidazole rings is 1. The Bertz CT molecular complexity index is 648. The predicted octanol–water partition coefficient (Wildman–Crippen LogP) is 3.04. The molecule has 4 rings (SSSR count). The average Bonchev–Trinajstić information content (AvgIpc) is 3.27. The Kier molecular flexibility index (Phi) is 1.97. The molecule has 0 N–H and O–H groups in total. The first-order chi connectivity index (χ1) is 8.74. The number of ketones is 1. The lowest BCUT2D eigenvalue weighted by Gasteiger charge is -2.00. The molecule has 92 valence electrons. The smallest absolute Gasteiger partial charge is 0.166 e. The average molecular weight is 240 g/mol. The van der Waals surface area contributed by atoms with E-state index in [1.807, 2.05) is 18.2 Å². The quantitative estimate of drug-likeness (QED) is 0.773. The lowest BCUT2D eigenvalue weighted by Crippen LogP contribution is -2.00. The third kappa shape index (κ3) is 1.50. The Hall–Kier alpha value is -1.64. The van der Waals surface area contributed by atoms with Gasteiger partial charge in [-0.3, -0.25) is 4.79 Å².